The van der Waals surface area contributed by atoms with E-state index in [1.165, 1.54) is 6.42 Å². The van der Waals surface area contributed by atoms with Crippen LogP contribution in [0.1, 0.15) is 78.7 Å². The molecule has 3 aliphatic heterocycles. The van der Waals surface area contributed by atoms with Crippen LogP contribution in [0.15, 0.2) is 24.4 Å². The Bertz CT molecular complexity index is 1320. The van der Waals surface area contributed by atoms with Crippen LogP contribution in [-0.4, -0.2) is 89.6 Å². The van der Waals surface area contributed by atoms with E-state index in [9.17, 15) is 4.79 Å². The van der Waals surface area contributed by atoms with E-state index >= 15 is 0 Å². The number of hydrogen-bond donors (Lipinski definition) is 0. The van der Waals surface area contributed by atoms with Crippen molar-refractivity contribution < 1.29 is 14.3 Å². The van der Waals surface area contributed by atoms with Crippen molar-refractivity contribution in [3.05, 3.63) is 41.5 Å². The number of carbonyl (C=O) groups is 1. The predicted octanol–water partition coefficient (Wildman–Crippen LogP) is 4.09. The summed E-state index contributed by atoms with van der Waals surface area (Å²) in [6.45, 7) is 7.23. The fourth-order valence-electron chi connectivity index (χ4n) is 6.80. The van der Waals surface area contributed by atoms with Crippen LogP contribution in [-0.2, 0) is 9.47 Å². The third kappa shape index (κ3) is 4.85. The second kappa shape index (κ2) is 10.9. The average Bonchev–Trinajstić information content (AvgIpc) is 3.35. The minimum Gasteiger partial charge on any atom is -0.381 e. The minimum absolute atomic E-state index is 0.397. The lowest BCUT2D eigenvalue weighted by Gasteiger charge is -2.41. The number of ether oxygens (including phenoxy) is 2. The Morgan fingerprint density at radius 2 is 1.64 bits per heavy atom. The maximum atomic E-state index is 12.1. The molecule has 0 bridgehead atoms. The van der Waals surface area contributed by atoms with Crippen molar-refractivity contribution in [2.75, 3.05) is 57.5 Å². The van der Waals surface area contributed by atoms with E-state index in [-0.39, 0.29) is 0 Å². The molecule has 0 aromatic carbocycles. The Hall–Kier alpha value is -2.88. The fourth-order valence-corrected chi connectivity index (χ4v) is 6.80. The zero-order valence-electron chi connectivity index (χ0n) is 22.6. The van der Waals surface area contributed by atoms with Crippen LogP contribution in [0.2, 0.25) is 0 Å². The number of hydrogen-bond acceptors (Lipinski definition) is 8. The van der Waals surface area contributed by atoms with E-state index < -0.39 is 0 Å². The van der Waals surface area contributed by atoms with Crippen molar-refractivity contribution in [2.24, 2.45) is 0 Å². The number of morpholine rings is 1. The number of aldehydes is 1. The molecule has 0 unspecified atom stereocenters. The molecular weight excluding hydrogens is 492 g/mol. The number of piperidine rings is 1. The summed E-state index contributed by atoms with van der Waals surface area (Å²) >= 11 is 0. The smallest absolute Gasteiger partial charge is 0.168 e. The van der Waals surface area contributed by atoms with Crippen LogP contribution >= 0.6 is 0 Å². The van der Waals surface area contributed by atoms with Crippen LogP contribution in [0.5, 0.6) is 0 Å². The molecule has 206 valence electrons. The molecule has 3 saturated heterocycles. The molecule has 3 aromatic heterocycles. The molecule has 1 aliphatic carbocycles. The highest BCUT2D eigenvalue weighted by Crippen LogP contribution is 2.43. The molecule has 0 amide bonds. The van der Waals surface area contributed by atoms with Crippen molar-refractivity contribution >= 4 is 23.0 Å². The van der Waals surface area contributed by atoms with Gasteiger partial charge in [-0.25, -0.2) is 9.67 Å². The van der Waals surface area contributed by atoms with Crippen LogP contribution in [0.25, 0.3) is 16.7 Å². The molecule has 0 N–H and O–H groups in total. The van der Waals surface area contributed by atoms with Gasteiger partial charge in [-0.05, 0) is 56.7 Å². The Morgan fingerprint density at radius 3 is 2.36 bits per heavy atom. The van der Waals surface area contributed by atoms with Crippen LogP contribution in [0.4, 0.5) is 5.69 Å². The average molecular weight is 531 g/mol. The lowest BCUT2D eigenvalue weighted by Crippen LogP contribution is -2.49. The van der Waals surface area contributed by atoms with Gasteiger partial charge in [-0.2, -0.15) is 5.10 Å². The van der Waals surface area contributed by atoms with Gasteiger partial charge in [0.15, 0.2) is 11.9 Å². The second-order valence-electron chi connectivity index (χ2n) is 11.5. The summed E-state index contributed by atoms with van der Waals surface area (Å²) in [5, 5.41) is 6.35. The number of anilines is 1. The van der Waals surface area contributed by atoms with Crippen molar-refractivity contribution in [3.63, 3.8) is 0 Å². The molecule has 0 radical (unpaired) electrons. The maximum Gasteiger partial charge on any atom is 0.168 e. The first-order valence-corrected chi connectivity index (χ1v) is 14.8. The van der Waals surface area contributed by atoms with Crippen molar-refractivity contribution in [1.82, 2.24) is 24.6 Å². The van der Waals surface area contributed by atoms with Crippen LogP contribution in [0.3, 0.4) is 0 Å². The van der Waals surface area contributed by atoms with Crippen LogP contribution < -0.4 is 4.90 Å². The highest BCUT2D eigenvalue weighted by Gasteiger charge is 2.32. The summed E-state index contributed by atoms with van der Waals surface area (Å²) in [7, 11) is 0. The topological polar surface area (TPSA) is 85.6 Å². The summed E-state index contributed by atoms with van der Waals surface area (Å²) in [6.07, 6.45) is 10.5. The van der Waals surface area contributed by atoms with Gasteiger partial charge in [-0.15, -0.1) is 0 Å². The number of aromatic nitrogens is 4. The highest BCUT2D eigenvalue weighted by molar-refractivity contribution is 5.96. The number of carbonyl (C=O) groups excluding carboxylic acids is 1. The van der Waals surface area contributed by atoms with Gasteiger partial charge < -0.3 is 14.4 Å². The molecule has 0 spiro atoms. The molecule has 1 saturated carbocycles. The zero-order valence-corrected chi connectivity index (χ0v) is 22.6. The number of fused-ring (bicyclic) bond motifs is 1. The minimum atomic E-state index is 0.397. The van der Waals surface area contributed by atoms with Crippen molar-refractivity contribution in [2.45, 2.75) is 62.8 Å². The number of nitrogens with zero attached hydrogens (tertiary/aromatic N) is 6. The van der Waals surface area contributed by atoms with Crippen molar-refractivity contribution in [1.29, 1.82) is 0 Å². The summed E-state index contributed by atoms with van der Waals surface area (Å²) in [5.74, 6) is 0.840. The Morgan fingerprint density at radius 1 is 0.872 bits per heavy atom. The normalized spacial score (nSPS) is 22.3. The third-order valence-electron chi connectivity index (χ3n) is 9.29. The van der Waals surface area contributed by atoms with Gasteiger partial charge in [0.25, 0.3) is 0 Å². The zero-order chi connectivity index (χ0) is 26.2. The first kappa shape index (κ1) is 25.1. The Labute approximate surface area is 229 Å². The van der Waals surface area contributed by atoms with Gasteiger partial charge in [0.05, 0.1) is 35.7 Å². The molecule has 4 aliphatic rings. The van der Waals surface area contributed by atoms with Gasteiger partial charge in [-0.3, -0.25) is 14.7 Å². The lowest BCUT2D eigenvalue weighted by molar-refractivity contribution is 0.0115. The van der Waals surface area contributed by atoms with Crippen LogP contribution in [0, 0.1) is 0 Å². The molecule has 3 aromatic rings. The summed E-state index contributed by atoms with van der Waals surface area (Å²) in [4.78, 5) is 26.8. The van der Waals surface area contributed by atoms with E-state index in [4.69, 9.17) is 24.5 Å². The SMILES string of the molecule is O=Cc1cc(N2CCC(N3CCOCC3)CC2)c2c(C3CCC3)nn(-c3ccnc(C4CCOCC4)c3)c2n1. The lowest BCUT2D eigenvalue weighted by atomic mass is 9.82. The van der Waals surface area contributed by atoms with E-state index in [1.54, 1.807) is 0 Å². The summed E-state index contributed by atoms with van der Waals surface area (Å²) in [6, 6.07) is 6.78. The first-order valence-electron chi connectivity index (χ1n) is 14.8. The number of rotatable bonds is 6. The molecule has 4 fully saturated rings. The summed E-state index contributed by atoms with van der Waals surface area (Å²) in [5.41, 5.74) is 5.56. The molecule has 7 rings (SSSR count). The third-order valence-corrected chi connectivity index (χ3v) is 9.29. The molecule has 9 heteroatoms. The molecular formula is C30H38N6O3. The predicted molar refractivity (Wildman–Crippen MR) is 149 cm³/mol. The van der Waals surface area contributed by atoms with Gasteiger partial charge in [0, 0.05) is 69.2 Å². The Balaban J connectivity index is 1.27. The van der Waals surface area contributed by atoms with E-state index in [2.05, 4.69) is 15.9 Å². The van der Waals surface area contributed by atoms with Gasteiger partial charge in [0.2, 0.25) is 0 Å². The number of pyridine rings is 2. The van der Waals surface area contributed by atoms with Gasteiger partial charge >= 0.3 is 0 Å². The quantitative estimate of drug-likeness (QED) is 0.441. The largest absolute Gasteiger partial charge is 0.381 e. The van der Waals surface area contributed by atoms with Gasteiger partial charge in [-0.1, -0.05) is 6.42 Å². The molecule has 39 heavy (non-hydrogen) atoms. The van der Waals surface area contributed by atoms with E-state index in [0.29, 0.717) is 23.6 Å². The standard InChI is InChI=1S/C30H38N6O3/c37-20-23-18-27(35-10-5-24(6-11-35)34-12-16-39-17-13-34)28-29(22-2-1-3-22)33-36(30(28)32-23)25-4-9-31-26(19-25)21-7-14-38-15-8-21/h4,9,18-22,24H,1-3,5-8,10-17H2. The van der Waals surface area contributed by atoms with Crippen molar-refractivity contribution in [3.8, 4) is 5.69 Å². The molecule has 6 heterocycles. The fraction of sp³-hybridized carbons (Fsp3) is 0.600. The first-order chi connectivity index (χ1) is 19.3. The van der Waals surface area contributed by atoms with Gasteiger partial charge in [0.1, 0.15) is 5.69 Å². The highest BCUT2D eigenvalue weighted by atomic mass is 16.5. The maximum absolute atomic E-state index is 12.1. The monoisotopic (exact) mass is 530 g/mol. The van der Waals surface area contributed by atoms with E-state index in [0.717, 1.165) is 131 Å². The molecule has 0 atom stereocenters. The Kier molecular flexibility index (Phi) is 7.05. The second-order valence-corrected chi connectivity index (χ2v) is 11.5. The molecule has 9 nitrogen and oxygen atoms in total. The van der Waals surface area contributed by atoms with E-state index in [1.807, 2.05) is 23.0 Å². The summed E-state index contributed by atoms with van der Waals surface area (Å²) < 4.78 is 13.1.